The molecule has 39 heavy (non-hydrogen) atoms. The van der Waals surface area contributed by atoms with Gasteiger partial charge in [-0.1, -0.05) is 97.1 Å². The van der Waals surface area contributed by atoms with Gasteiger partial charge in [-0.15, -0.1) is 0 Å². The third-order valence-corrected chi connectivity index (χ3v) is 12.1. The zero-order chi connectivity index (χ0) is 28.2. The van der Waals surface area contributed by atoms with E-state index in [1.165, 1.54) is 24.8 Å². The Morgan fingerprint density at radius 2 is 1.69 bits per heavy atom. The van der Waals surface area contributed by atoms with Crippen LogP contribution < -0.4 is 0 Å². The number of rotatable bonds is 7. The highest BCUT2D eigenvalue weighted by Crippen LogP contribution is 2.67. The molecule has 4 aliphatic carbocycles. The quantitative estimate of drug-likeness (QED) is 0.260. The average molecular weight is 533 g/mol. The SMILES string of the molecule is CC(C)CCC[C@@H](C)[C@H]1CC(=O)[C@H]2C3=C(CC[C@@]21C)[C@@]1(C)CC[C@H](OC(=O)c2ccccc2)C(C)(C)[C@H]1CC3. The molecule has 0 unspecified atom stereocenters. The lowest BCUT2D eigenvalue weighted by molar-refractivity contribution is -0.122. The van der Waals surface area contributed by atoms with Crippen molar-refractivity contribution in [1.82, 2.24) is 0 Å². The van der Waals surface area contributed by atoms with Crippen molar-refractivity contribution in [2.45, 2.75) is 119 Å². The normalized spacial score (nSPS) is 36.3. The molecule has 3 nitrogen and oxygen atoms in total. The van der Waals surface area contributed by atoms with Gasteiger partial charge in [0.1, 0.15) is 11.9 Å². The summed E-state index contributed by atoms with van der Waals surface area (Å²) in [6.07, 6.45) is 10.9. The molecule has 0 N–H and O–H groups in total. The predicted octanol–water partition coefficient (Wildman–Crippen LogP) is 9.21. The van der Waals surface area contributed by atoms with Crippen molar-refractivity contribution in [3.8, 4) is 0 Å². The number of ether oxygens (including phenoxy) is 1. The highest BCUT2D eigenvalue weighted by Gasteiger charge is 2.61. The molecule has 0 heterocycles. The van der Waals surface area contributed by atoms with Gasteiger partial charge in [0.25, 0.3) is 0 Å². The summed E-state index contributed by atoms with van der Waals surface area (Å²) >= 11 is 0. The lowest BCUT2D eigenvalue weighted by Gasteiger charge is -2.60. The first-order valence-electron chi connectivity index (χ1n) is 15.9. The second kappa shape index (κ2) is 10.5. The lowest BCUT2D eigenvalue weighted by Crippen LogP contribution is -2.54. The predicted molar refractivity (Wildman–Crippen MR) is 158 cm³/mol. The van der Waals surface area contributed by atoms with Gasteiger partial charge in [-0.2, -0.15) is 0 Å². The van der Waals surface area contributed by atoms with Crippen LogP contribution in [0.4, 0.5) is 0 Å². The number of hydrogen-bond donors (Lipinski definition) is 0. The smallest absolute Gasteiger partial charge is 0.338 e. The van der Waals surface area contributed by atoms with Gasteiger partial charge in [-0.25, -0.2) is 4.79 Å². The molecule has 2 saturated carbocycles. The van der Waals surface area contributed by atoms with E-state index in [1.807, 2.05) is 30.3 Å². The Labute approximate surface area is 237 Å². The van der Waals surface area contributed by atoms with Crippen LogP contribution in [0.2, 0.25) is 0 Å². The maximum absolute atomic E-state index is 13.8. The molecule has 0 saturated heterocycles. The Morgan fingerprint density at radius 1 is 0.974 bits per heavy atom. The zero-order valence-corrected chi connectivity index (χ0v) is 25.6. The van der Waals surface area contributed by atoms with Crippen LogP contribution in [0.5, 0.6) is 0 Å². The molecule has 0 aliphatic heterocycles. The topological polar surface area (TPSA) is 43.4 Å². The van der Waals surface area contributed by atoms with Crippen molar-refractivity contribution in [2.24, 2.45) is 45.8 Å². The third-order valence-electron chi connectivity index (χ3n) is 12.1. The molecule has 1 aromatic carbocycles. The standard InChI is InChI=1S/C36H52O3/c1-23(2)12-11-13-24(3)28-22-29(37)32-26-16-17-30-34(4,5)31(39-33(38)25-14-9-8-10-15-25)19-21-35(30,6)27(26)18-20-36(28,32)7/h8-10,14-15,23-24,28,30-32H,11-13,16-22H2,1-7H3/t24-,28-,30-,31+,32-,35-,36-/m1/s1. The summed E-state index contributed by atoms with van der Waals surface area (Å²) in [6.45, 7) is 16.7. The molecular formula is C36H52O3. The molecule has 2 fully saturated rings. The highest BCUT2D eigenvalue weighted by molar-refractivity contribution is 5.89. The second-order valence-corrected chi connectivity index (χ2v) is 15.2. The summed E-state index contributed by atoms with van der Waals surface area (Å²) in [7, 11) is 0. The van der Waals surface area contributed by atoms with E-state index < -0.39 is 0 Å². The Balaban J connectivity index is 1.37. The molecule has 0 amide bonds. The van der Waals surface area contributed by atoms with Gasteiger partial charge < -0.3 is 4.74 Å². The second-order valence-electron chi connectivity index (χ2n) is 15.2. The fraction of sp³-hybridized carbons (Fsp3) is 0.722. The van der Waals surface area contributed by atoms with Crippen LogP contribution in [-0.4, -0.2) is 17.9 Å². The third kappa shape index (κ3) is 4.84. The number of esters is 1. The summed E-state index contributed by atoms with van der Waals surface area (Å²) in [4.78, 5) is 26.8. The van der Waals surface area contributed by atoms with Crippen molar-refractivity contribution in [1.29, 1.82) is 0 Å². The first-order valence-corrected chi connectivity index (χ1v) is 15.9. The van der Waals surface area contributed by atoms with Crippen LogP contribution in [0.25, 0.3) is 0 Å². The van der Waals surface area contributed by atoms with Crippen LogP contribution in [0.3, 0.4) is 0 Å². The van der Waals surface area contributed by atoms with Crippen LogP contribution in [-0.2, 0) is 9.53 Å². The first-order chi connectivity index (χ1) is 18.4. The molecule has 3 heteroatoms. The number of benzene rings is 1. The first kappa shape index (κ1) is 28.6. The number of carbonyl (C=O) groups is 2. The minimum Gasteiger partial charge on any atom is -0.458 e. The summed E-state index contributed by atoms with van der Waals surface area (Å²) in [5.74, 6) is 2.80. The number of hydrogen-bond acceptors (Lipinski definition) is 3. The Kier molecular flexibility index (Phi) is 7.70. The number of fused-ring (bicyclic) bond motifs is 4. The molecule has 7 atom stereocenters. The molecule has 214 valence electrons. The Hall–Kier alpha value is -1.90. The average Bonchev–Trinajstić information content (AvgIpc) is 3.16. The van der Waals surface area contributed by atoms with Crippen LogP contribution in [0.1, 0.15) is 123 Å². The van der Waals surface area contributed by atoms with Crippen molar-refractivity contribution in [3.63, 3.8) is 0 Å². The lowest BCUT2D eigenvalue weighted by atomic mass is 9.45. The van der Waals surface area contributed by atoms with E-state index in [2.05, 4.69) is 48.5 Å². The van der Waals surface area contributed by atoms with Gasteiger partial charge in [0.2, 0.25) is 0 Å². The van der Waals surface area contributed by atoms with E-state index in [0.29, 0.717) is 29.1 Å². The summed E-state index contributed by atoms with van der Waals surface area (Å²) in [5.41, 5.74) is 3.88. The molecule has 0 bridgehead atoms. The Bertz CT molecular complexity index is 1110. The molecule has 5 rings (SSSR count). The molecule has 1 aromatic rings. The van der Waals surface area contributed by atoms with Gasteiger partial charge in [-0.3, -0.25) is 4.79 Å². The van der Waals surface area contributed by atoms with E-state index in [9.17, 15) is 9.59 Å². The number of carbonyl (C=O) groups excluding carboxylic acids is 2. The van der Waals surface area contributed by atoms with Crippen LogP contribution >= 0.6 is 0 Å². The van der Waals surface area contributed by atoms with Crippen LogP contribution in [0.15, 0.2) is 41.5 Å². The monoisotopic (exact) mass is 532 g/mol. The molecular weight excluding hydrogens is 480 g/mol. The fourth-order valence-electron chi connectivity index (χ4n) is 10.0. The maximum atomic E-state index is 13.8. The molecule has 4 aliphatic rings. The Morgan fingerprint density at radius 3 is 2.38 bits per heavy atom. The molecule has 0 spiro atoms. The van der Waals surface area contributed by atoms with Gasteiger partial charge in [0, 0.05) is 17.8 Å². The number of allylic oxidation sites excluding steroid dienone is 2. The van der Waals surface area contributed by atoms with Crippen molar-refractivity contribution in [3.05, 3.63) is 47.0 Å². The molecule has 0 radical (unpaired) electrons. The minimum absolute atomic E-state index is 0.0801. The van der Waals surface area contributed by atoms with E-state index in [4.69, 9.17) is 4.74 Å². The van der Waals surface area contributed by atoms with Crippen molar-refractivity contribution < 1.29 is 14.3 Å². The van der Waals surface area contributed by atoms with Crippen LogP contribution in [0, 0.1) is 45.8 Å². The highest BCUT2D eigenvalue weighted by atomic mass is 16.5. The van der Waals surface area contributed by atoms with Gasteiger partial charge in [0.15, 0.2) is 0 Å². The maximum Gasteiger partial charge on any atom is 0.338 e. The summed E-state index contributed by atoms with van der Waals surface area (Å²) in [5, 5.41) is 0. The van der Waals surface area contributed by atoms with E-state index in [0.717, 1.165) is 50.9 Å². The zero-order valence-electron chi connectivity index (χ0n) is 25.6. The number of Topliss-reactive ketones (excluding diaryl/α,β-unsaturated/α-hetero) is 1. The van der Waals surface area contributed by atoms with Crippen molar-refractivity contribution in [2.75, 3.05) is 0 Å². The minimum atomic E-state index is -0.202. The van der Waals surface area contributed by atoms with E-state index in [-0.39, 0.29) is 34.2 Å². The van der Waals surface area contributed by atoms with Crippen molar-refractivity contribution >= 4 is 11.8 Å². The number of ketones is 1. The summed E-state index contributed by atoms with van der Waals surface area (Å²) < 4.78 is 6.20. The summed E-state index contributed by atoms with van der Waals surface area (Å²) in [6, 6.07) is 9.41. The van der Waals surface area contributed by atoms with Gasteiger partial charge in [-0.05, 0) is 85.2 Å². The van der Waals surface area contributed by atoms with E-state index >= 15 is 0 Å². The van der Waals surface area contributed by atoms with E-state index in [1.54, 1.807) is 5.57 Å². The van der Waals surface area contributed by atoms with Gasteiger partial charge in [0.05, 0.1) is 5.56 Å². The fourth-order valence-corrected chi connectivity index (χ4v) is 10.0. The molecule has 0 aromatic heterocycles. The largest absolute Gasteiger partial charge is 0.458 e. The van der Waals surface area contributed by atoms with Gasteiger partial charge >= 0.3 is 5.97 Å².